The van der Waals surface area contributed by atoms with Crippen molar-refractivity contribution in [2.75, 3.05) is 0 Å². The van der Waals surface area contributed by atoms with Crippen LogP contribution >= 0.6 is 0 Å². The summed E-state index contributed by atoms with van der Waals surface area (Å²) in [6.45, 7) is 1.85. The van der Waals surface area contributed by atoms with Crippen LogP contribution in [0, 0.1) is 12.7 Å². The lowest BCUT2D eigenvalue weighted by atomic mass is 10.2. The van der Waals surface area contributed by atoms with Gasteiger partial charge in [-0.05, 0) is 31.2 Å². The van der Waals surface area contributed by atoms with Crippen LogP contribution in [-0.4, -0.2) is 10.1 Å². The van der Waals surface area contributed by atoms with E-state index in [2.05, 4.69) is 4.98 Å². The van der Waals surface area contributed by atoms with Crippen molar-refractivity contribution in [2.24, 2.45) is 0 Å². The molecule has 0 unspecified atom stereocenters. The highest BCUT2D eigenvalue weighted by Gasteiger charge is 2.05. The fourth-order valence-electron chi connectivity index (χ4n) is 1.26. The molecule has 0 aliphatic rings. The number of benzene rings is 1. The highest BCUT2D eigenvalue weighted by atomic mass is 19.1. The Balaban J connectivity index is 2.87. The molecule has 1 N–H and O–H groups in total. The number of pyridine rings is 1. The first kappa shape index (κ1) is 7.98. The third-order valence-corrected chi connectivity index (χ3v) is 1.93. The first-order chi connectivity index (χ1) is 6.18. The summed E-state index contributed by atoms with van der Waals surface area (Å²) in [5, 5.41) is 9.78. The summed E-state index contributed by atoms with van der Waals surface area (Å²) < 4.78 is 12.9. The van der Waals surface area contributed by atoms with Crippen molar-refractivity contribution in [3.8, 4) is 5.75 Å². The lowest BCUT2D eigenvalue weighted by Gasteiger charge is -2.01. The second-order valence-corrected chi connectivity index (χ2v) is 2.92. The Labute approximate surface area is 74.7 Å². The Hall–Kier alpha value is -1.64. The Morgan fingerprint density at radius 1 is 1.23 bits per heavy atom. The van der Waals surface area contributed by atoms with Crippen LogP contribution in [0.2, 0.25) is 0 Å². The van der Waals surface area contributed by atoms with Gasteiger partial charge in [-0.1, -0.05) is 0 Å². The van der Waals surface area contributed by atoms with E-state index >= 15 is 0 Å². The lowest BCUT2D eigenvalue weighted by molar-refractivity contribution is 0.438. The van der Waals surface area contributed by atoms with Gasteiger partial charge in [-0.15, -0.1) is 0 Å². The zero-order valence-electron chi connectivity index (χ0n) is 7.08. The van der Waals surface area contributed by atoms with Gasteiger partial charge in [0, 0.05) is 11.1 Å². The maximum absolute atomic E-state index is 12.9. The zero-order valence-corrected chi connectivity index (χ0v) is 7.08. The zero-order chi connectivity index (χ0) is 9.42. The second kappa shape index (κ2) is 2.69. The Morgan fingerprint density at radius 3 is 2.77 bits per heavy atom. The number of aromatic nitrogens is 1. The number of rotatable bonds is 0. The van der Waals surface area contributed by atoms with Gasteiger partial charge in [0.15, 0.2) is 11.6 Å². The predicted molar refractivity (Wildman–Crippen MR) is 48.1 cm³/mol. The summed E-state index contributed by atoms with van der Waals surface area (Å²) in [4.78, 5) is 4.15. The van der Waals surface area contributed by atoms with Crippen molar-refractivity contribution in [1.82, 2.24) is 4.98 Å². The molecular weight excluding hydrogens is 169 g/mol. The van der Waals surface area contributed by atoms with Crippen LogP contribution in [0.4, 0.5) is 4.39 Å². The molecule has 0 saturated heterocycles. The van der Waals surface area contributed by atoms with Crippen molar-refractivity contribution in [1.29, 1.82) is 0 Å². The smallest absolute Gasteiger partial charge is 0.165 e. The summed E-state index contributed by atoms with van der Waals surface area (Å²) in [5.74, 6) is -0.942. The Bertz CT molecular complexity index is 468. The van der Waals surface area contributed by atoms with Crippen molar-refractivity contribution in [2.45, 2.75) is 6.92 Å². The van der Waals surface area contributed by atoms with Gasteiger partial charge in [0.05, 0.1) is 5.52 Å². The number of phenols is 1. The number of hydrogen-bond acceptors (Lipinski definition) is 2. The van der Waals surface area contributed by atoms with Crippen LogP contribution in [-0.2, 0) is 0 Å². The van der Waals surface area contributed by atoms with E-state index in [1.807, 2.05) is 6.92 Å². The molecule has 1 heterocycles. The maximum atomic E-state index is 12.9. The first-order valence-electron chi connectivity index (χ1n) is 3.93. The minimum absolute atomic E-state index is 0.329. The molecular formula is C10H8FNO. The van der Waals surface area contributed by atoms with E-state index in [0.717, 1.165) is 5.69 Å². The van der Waals surface area contributed by atoms with E-state index in [-0.39, 0.29) is 5.75 Å². The Kier molecular flexibility index (Phi) is 1.65. The molecule has 0 saturated carbocycles. The van der Waals surface area contributed by atoms with Crippen LogP contribution < -0.4 is 0 Å². The Morgan fingerprint density at radius 2 is 2.00 bits per heavy atom. The first-order valence-corrected chi connectivity index (χ1v) is 3.93. The van der Waals surface area contributed by atoms with Crippen LogP contribution in [0.25, 0.3) is 10.9 Å². The molecule has 0 amide bonds. The van der Waals surface area contributed by atoms with Crippen LogP contribution in [0.3, 0.4) is 0 Å². The van der Waals surface area contributed by atoms with Gasteiger partial charge in [-0.25, -0.2) is 4.39 Å². The largest absolute Gasteiger partial charge is 0.504 e. The molecule has 0 aliphatic heterocycles. The molecule has 1 aromatic heterocycles. The normalized spacial score (nSPS) is 10.6. The van der Waals surface area contributed by atoms with E-state index in [4.69, 9.17) is 0 Å². The maximum Gasteiger partial charge on any atom is 0.165 e. The molecule has 13 heavy (non-hydrogen) atoms. The van der Waals surface area contributed by atoms with E-state index in [0.29, 0.717) is 10.9 Å². The van der Waals surface area contributed by atoms with Gasteiger partial charge >= 0.3 is 0 Å². The average Bonchev–Trinajstić information content (AvgIpc) is 2.12. The molecule has 3 heteroatoms. The molecule has 0 atom stereocenters. The predicted octanol–water partition coefficient (Wildman–Crippen LogP) is 2.39. The molecule has 2 rings (SSSR count). The number of aromatic hydroxyl groups is 1. The van der Waals surface area contributed by atoms with Gasteiger partial charge in [-0.3, -0.25) is 4.98 Å². The molecule has 2 nitrogen and oxygen atoms in total. The van der Waals surface area contributed by atoms with Crippen LogP contribution in [0.1, 0.15) is 5.69 Å². The molecule has 0 spiro atoms. The van der Waals surface area contributed by atoms with Gasteiger partial charge in [0.1, 0.15) is 0 Å². The second-order valence-electron chi connectivity index (χ2n) is 2.92. The van der Waals surface area contributed by atoms with Crippen LogP contribution in [0.15, 0.2) is 24.3 Å². The molecule has 0 aliphatic carbocycles. The number of phenolic OH excluding ortho intramolecular Hbond substituents is 1. The third kappa shape index (κ3) is 1.22. The number of fused-ring (bicyclic) bond motifs is 1. The van der Waals surface area contributed by atoms with Gasteiger partial charge in [0.25, 0.3) is 0 Å². The van der Waals surface area contributed by atoms with E-state index < -0.39 is 5.82 Å². The summed E-state index contributed by atoms with van der Waals surface area (Å²) >= 11 is 0. The van der Waals surface area contributed by atoms with E-state index in [9.17, 15) is 9.50 Å². The fourth-order valence-corrected chi connectivity index (χ4v) is 1.26. The van der Waals surface area contributed by atoms with Crippen molar-refractivity contribution in [3.63, 3.8) is 0 Å². The standard InChI is InChI=1S/C10H8FNO/c1-6-2-3-7-9(12-6)5-4-8(11)10(7)13/h2-5,13H,1H3. The summed E-state index contributed by atoms with van der Waals surface area (Å²) in [7, 11) is 0. The molecule has 0 bridgehead atoms. The van der Waals surface area contributed by atoms with Crippen molar-refractivity contribution in [3.05, 3.63) is 35.8 Å². The highest BCUT2D eigenvalue weighted by Crippen LogP contribution is 2.26. The van der Waals surface area contributed by atoms with E-state index in [1.54, 1.807) is 18.2 Å². The van der Waals surface area contributed by atoms with Gasteiger partial charge in [-0.2, -0.15) is 0 Å². The van der Waals surface area contributed by atoms with Crippen molar-refractivity contribution >= 4 is 10.9 Å². The average molecular weight is 177 g/mol. The lowest BCUT2D eigenvalue weighted by Crippen LogP contribution is -1.85. The monoisotopic (exact) mass is 177 g/mol. The molecule has 2 aromatic rings. The SMILES string of the molecule is Cc1ccc2c(O)c(F)ccc2n1. The number of halogens is 1. The minimum atomic E-state index is -0.613. The summed E-state index contributed by atoms with van der Waals surface area (Å²) in [6.07, 6.45) is 0. The summed E-state index contributed by atoms with van der Waals surface area (Å²) in [6, 6.07) is 6.17. The molecule has 66 valence electrons. The van der Waals surface area contributed by atoms with Crippen molar-refractivity contribution < 1.29 is 9.50 Å². The molecule has 0 radical (unpaired) electrons. The van der Waals surface area contributed by atoms with Gasteiger partial charge in [0.2, 0.25) is 0 Å². The third-order valence-electron chi connectivity index (χ3n) is 1.93. The molecule has 1 aromatic carbocycles. The minimum Gasteiger partial charge on any atom is -0.504 e. The van der Waals surface area contributed by atoms with Crippen LogP contribution in [0.5, 0.6) is 5.75 Å². The van der Waals surface area contributed by atoms with Gasteiger partial charge < -0.3 is 5.11 Å². The molecule has 0 fully saturated rings. The highest BCUT2D eigenvalue weighted by molar-refractivity contribution is 5.84. The van der Waals surface area contributed by atoms with E-state index in [1.165, 1.54) is 6.07 Å². The topological polar surface area (TPSA) is 33.1 Å². The number of hydrogen-bond donors (Lipinski definition) is 1. The quantitative estimate of drug-likeness (QED) is 0.670. The fraction of sp³-hybridized carbons (Fsp3) is 0.100. The number of nitrogens with zero attached hydrogens (tertiary/aromatic N) is 1. The summed E-state index contributed by atoms with van der Waals surface area (Å²) in [5.41, 5.74) is 1.46. The number of aryl methyl sites for hydroxylation is 1.